The van der Waals surface area contributed by atoms with Gasteiger partial charge in [0.1, 0.15) is 0 Å². The van der Waals surface area contributed by atoms with Gasteiger partial charge in [0.25, 0.3) is 0 Å². The third kappa shape index (κ3) is 5.69. The molecule has 0 bridgehead atoms. The predicted molar refractivity (Wildman–Crippen MR) is 205 cm³/mol. The number of hydrogen-bond acceptors (Lipinski definition) is 4. The molecular formula is C46H30N4. The van der Waals surface area contributed by atoms with Gasteiger partial charge in [-0.3, -0.25) is 4.98 Å². The van der Waals surface area contributed by atoms with Crippen molar-refractivity contribution >= 4 is 21.7 Å². The van der Waals surface area contributed by atoms with Crippen LogP contribution in [0.1, 0.15) is 0 Å². The molecule has 4 heteroatoms. The van der Waals surface area contributed by atoms with Crippen LogP contribution in [0.5, 0.6) is 0 Å². The van der Waals surface area contributed by atoms with Crippen LogP contribution < -0.4 is 0 Å². The molecule has 9 aromatic rings. The zero-order chi connectivity index (χ0) is 33.3. The SMILES string of the molecule is c1ccc(-c2ccc(-c3nc(-c4ccccc4)nc(-c4ccc(-c5ccc(-c6ccc7c(c6)ncc6ccccc67)cc5)cc4)n3)cc2)cc1. The van der Waals surface area contributed by atoms with Crippen molar-refractivity contribution in [3.8, 4) is 67.5 Å². The molecule has 0 unspecified atom stereocenters. The fraction of sp³-hybridized carbons (Fsp3) is 0. The van der Waals surface area contributed by atoms with Gasteiger partial charge < -0.3 is 0 Å². The summed E-state index contributed by atoms with van der Waals surface area (Å²) in [6.07, 6.45) is 1.96. The van der Waals surface area contributed by atoms with Crippen LogP contribution in [0.3, 0.4) is 0 Å². The second kappa shape index (κ2) is 12.7. The lowest BCUT2D eigenvalue weighted by atomic mass is 9.98. The molecule has 0 atom stereocenters. The number of rotatable bonds is 6. The van der Waals surface area contributed by atoms with E-state index in [9.17, 15) is 0 Å². The van der Waals surface area contributed by atoms with Gasteiger partial charge in [-0.15, -0.1) is 0 Å². The molecule has 0 aliphatic carbocycles. The minimum atomic E-state index is 0.639. The van der Waals surface area contributed by atoms with E-state index in [-0.39, 0.29) is 0 Å². The van der Waals surface area contributed by atoms with Crippen LogP contribution in [0, 0.1) is 0 Å². The molecule has 0 spiro atoms. The first-order chi connectivity index (χ1) is 24.7. The summed E-state index contributed by atoms with van der Waals surface area (Å²) in [7, 11) is 0. The molecular weight excluding hydrogens is 609 g/mol. The van der Waals surface area contributed by atoms with Gasteiger partial charge in [0.2, 0.25) is 0 Å². The minimum Gasteiger partial charge on any atom is -0.256 e. The van der Waals surface area contributed by atoms with Gasteiger partial charge in [-0.05, 0) is 44.8 Å². The van der Waals surface area contributed by atoms with Gasteiger partial charge in [-0.25, -0.2) is 15.0 Å². The molecule has 0 aliphatic rings. The molecule has 50 heavy (non-hydrogen) atoms. The normalized spacial score (nSPS) is 11.2. The number of nitrogens with zero attached hydrogens (tertiary/aromatic N) is 4. The van der Waals surface area contributed by atoms with E-state index in [1.807, 2.05) is 42.6 Å². The maximum absolute atomic E-state index is 4.96. The minimum absolute atomic E-state index is 0.639. The third-order valence-electron chi connectivity index (χ3n) is 9.20. The maximum Gasteiger partial charge on any atom is 0.164 e. The number of aromatic nitrogens is 4. The van der Waals surface area contributed by atoms with E-state index in [4.69, 9.17) is 19.9 Å². The van der Waals surface area contributed by atoms with Gasteiger partial charge in [-0.2, -0.15) is 0 Å². The topological polar surface area (TPSA) is 51.6 Å². The zero-order valence-corrected chi connectivity index (χ0v) is 27.1. The predicted octanol–water partition coefficient (Wildman–Crippen LogP) is 11.6. The molecule has 9 rings (SSSR count). The molecule has 0 aliphatic heterocycles. The Morgan fingerprint density at radius 2 is 0.660 bits per heavy atom. The van der Waals surface area contributed by atoms with Crippen molar-refractivity contribution in [2.24, 2.45) is 0 Å². The van der Waals surface area contributed by atoms with E-state index in [1.165, 1.54) is 16.3 Å². The Balaban J connectivity index is 1.01. The average Bonchev–Trinajstić information content (AvgIpc) is 3.21. The van der Waals surface area contributed by atoms with Gasteiger partial charge in [0.05, 0.1) is 5.52 Å². The van der Waals surface area contributed by atoms with E-state index in [0.717, 1.165) is 55.4 Å². The Hall–Kier alpha value is -6.78. The fourth-order valence-corrected chi connectivity index (χ4v) is 6.50. The molecule has 0 amide bonds. The molecule has 4 nitrogen and oxygen atoms in total. The Bertz CT molecular complexity index is 2600. The maximum atomic E-state index is 4.96. The highest BCUT2D eigenvalue weighted by Crippen LogP contribution is 2.32. The van der Waals surface area contributed by atoms with Crippen LogP contribution in [-0.4, -0.2) is 19.9 Å². The van der Waals surface area contributed by atoms with Crippen LogP contribution in [-0.2, 0) is 0 Å². The van der Waals surface area contributed by atoms with Crippen molar-refractivity contribution in [2.45, 2.75) is 0 Å². The Labute approximate surface area is 290 Å². The fourth-order valence-electron chi connectivity index (χ4n) is 6.50. The first-order valence-corrected chi connectivity index (χ1v) is 16.7. The van der Waals surface area contributed by atoms with Crippen LogP contribution >= 0.6 is 0 Å². The smallest absolute Gasteiger partial charge is 0.164 e. The van der Waals surface area contributed by atoms with Gasteiger partial charge in [-0.1, -0.05) is 170 Å². The Kier molecular flexibility index (Phi) is 7.45. The second-order valence-corrected chi connectivity index (χ2v) is 12.3. The lowest BCUT2D eigenvalue weighted by molar-refractivity contribution is 1.07. The summed E-state index contributed by atoms with van der Waals surface area (Å²) in [4.78, 5) is 19.5. The first kappa shape index (κ1) is 29.4. The molecule has 2 heterocycles. The number of hydrogen-bond donors (Lipinski definition) is 0. The van der Waals surface area contributed by atoms with Crippen LogP contribution in [0.15, 0.2) is 182 Å². The van der Waals surface area contributed by atoms with Crippen molar-refractivity contribution in [2.75, 3.05) is 0 Å². The molecule has 234 valence electrons. The molecule has 0 saturated carbocycles. The average molecular weight is 639 g/mol. The van der Waals surface area contributed by atoms with Crippen molar-refractivity contribution in [1.82, 2.24) is 19.9 Å². The zero-order valence-electron chi connectivity index (χ0n) is 27.1. The number of pyridine rings is 1. The molecule has 7 aromatic carbocycles. The second-order valence-electron chi connectivity index (χ2n) is 12.3. The summed E-state index contributed by atoms with van der Waals surface area (Å²) in [5.41, 5.74) is 10.7. The van der Waals surface area contributed by atoms with Crippen molar-refractivity contribution in [1.29, 1.82) is 0 Å². The first-order valence-electron chi connectivity index (χ1n) is 16.7. The van der Waals surface area contributed by atoms with Crippen molar-refractivity contribution < 1.29 is 0 Å². The highest BCUT2D eigenvalue weighted by molar-refractivity contribution is 6.06. The van der Waals surface area contributed by atoms with E-state index in [1.54, 1.807) is 0 Å². The molecule has 0 saturated heterocycles. The molecule has 2 aromatic heterocycles. The standard InChI is InChI=1S/C46H30N4/c1-3-9-31(10-4-1)32-19-23-37(24-20-32)45-48-44(36-11-5-2-6-12-36)49-46(50-45)38-25-21-34(22-26-38)33-15-17-35(18-16-33)39-27-28-42-41-14-8-7-13-40(41)30-47-43(42)29-39/h1-30H. The van der Waals surface area contributed by atoms with Crippen molar-refractivity contribution in [3.05, 3.63) is 182 Å². The van der Waals surface area contributed by atoms with Gasteiger partial charge in [0, 0.05) is 33.7 Å². The van der Waals surface area contributed by atoms with E-state index in [2.05, 4.69) is 140 Å². The Morgan fingerprint density at radius 1 is 0.280 bits per heavy atom. The monoisotopic (exact) mass is 638 g/mol. The van der Waals surface area contributed by atoms with E-state index >= 15 is 0 Å². The van der Waals surface area contributed by atoms with E-state index < -0.39 is 0 Å². The highest BCUT2D eigenvalue weighted by Gasteiger charge is 2.13. The largest absolute Gasteiger partial charge is 0.256 e. The third-order valence-corrected chi connectivity index (χ3v) is 9.20. The highest BCUT2D eigenvalue weighted by atomic mass is 15.0. The molecule has 0 fully saturated rings. The van der Waals surface area contributed by atoms with E-state index in [0.29, 0.717) is 17.5 Å². The van der Waals surface area contributed by atoms with Crippen LogP contribution in [0.2, 0.25) is 0 Å². The summed E-state index contributed by atoms with van der Waals surface area (Å²) in [5.74, 6) is 1.93. The summed E-state index contributed by atoms with van der Waals surface area (Å²) < 4.78 is 0. The summed E-state index contributed by atoms with van der Waals surface area (Å²) in [6.45, 7) is 0. The summed E-state index contributed by atoms with van der Waals surface area (Å²) >= 11 is 0. The summed E-state index contributed by atoms with van der Waals surface area (Å²) in [6, 6.07) is 61.0. The van der Waals surface area contributed by atoms with Crippen LogP contribution in [0.4, 0.5) is 0 Å². The number of fused-ring (bicyclic) bond motifs is 3. The Morgan fingerprint density at radius 3 is 1.20 bits per heavy atom. The molecule has 0 radical (unpaired) electrons. The number of benzene rings is 7. The van der Waals surface area contributed by atoms with Crippen molar-refractivity contribution in [3.63, 3.8) is 0 Å². The van der Waals surface area contributed by atoms with Crippen LogP contribution in [0.25, 0.3) is 89.2 Å². The van der Waals surface area contributed by atoms with Gasteiger partial charge >= 0.3 is 0 Å². The lowest BCUT2D eigenvalue weighted by Crippen LogP contribution is -2.00. The quantitative estimate of drug-likeness (QED) is 0.170. The summed E-state index contributed by atoms with van der Waals surface area (Å²) in [5, 5.41) is 3.56. The molecule has 0 N–H and O–H groups in total. The lowest BCUT2D eigenvalue weighted by Gasteiger charge is -2.10. The van der Waals surface area contributed by atoms with Gasteiger partial charge in [0.15, 0.2) is 17.5 Å².